The van der Waals surface area contributed by atoms with Crippen molar-refractivity contribution in [1.29, 1.82) is 0 Å². The van der Waals surface area contributed by atoms with E-state index in [0.717, 1.165) is 19.3 Å². The van der Waals surface area contributed by atoms with Crippen molar-refractivity contribution in [3.8, 4) is 5.88 Å². The minimum Gasteiger partial charge on any atom is -0.474 e. The largest absolute Gasteiger partial charge is 0.474 e. The first-order valence-electron chi connectivity index (χ1n) is 10.3. The van der Waals surface area contributed by atoms with E-state index >= 15 is 0 Å². The van der Waals surface area contributed by atoms with E-state index in [1.807, 2.05) is 18.7 Å². The summed E-state index contributed by atoms with van der Waals surface area (Å²) in [4.78, 5) is 24.0. The van der Waals surface area contributed by atoms with Gasteiger partial charge in [-0.25, -0.2) is 9.97 Å². The lowest BCUT2D eigenvalue weighted by molar-refractivity contribution is 0.0596. The van der Waals surface area contributed by atoms with Crippen molar-refractivity contribution in [1.82, 2.24) is 14.9 Å². The van der Waals surface area contributed by atoms with Crippen LogP contribution in [0.25, 0.3) is 0 Å². The molecule has 1 atom stereocenters. The molecule has 1 unspecified atom stereocenters. The number of amides is 1. The van der Waals surface area contributed by atoms with Crippen molar-refractivity contribution in [2.75, 3.05) is 6.54 Å². The van der Waals surface area contributed by atoms with Crippen LogP contribution in [0.4, 0.5) is 0 Å². The summed E-state index contributed by atoms with van der Waals surface area (Å²) in [7, 11) is 0. The Bertz CT molecular complexity index is 854. The number of carbonyl (C=O) groups excluding carboxylic acids is 1. The van der Waals surface area contributed by atoms with E-state index < -0.39 is 5.60 Å². The number of rotatable bonds is 6. The summed E-state index contributed by atoms with van der Waals surface area (Å²) >= 11 is 0. The van der Waals surface area contributed by atoms with E-state index in [1.54, 1.807) is 39.1 Å². The summed E-state index contributed by atoms with van der Waals surface area (Å²) in [6, 6.07) is 3.50. The third kappa shape index (κ3) is 4.96. The molecule has 1 amide bonds. The summed E-state index contributed by atoms with van der Waals surface area (Å²) in [5, 5.41) is 10.3. The second-order valence-electron chi connectivity index (χ2n) is 8.45. The molecule has 1 aliphatic rings. The molecular weight excluding hydrogens is 370 g/mol. The third-order valence-corrected chi connectivity index (χ3v) is 5.07. The monoisotopic (exact) mass is 401 g/mol. The predicted molar refractivity (Wildman–Crippen MR) is 109 cm³/mol. The first kappa shape index (κ1) is 21.3. The van der Waals surface area contributed by atoms with Gasteiger partial charge in [0.2, 0.25) is 5.88 Å². The van der Waals surface area contributed by atoms with Crippen molar-refractivity contribution in [3.63, 3.8) is 0 Å². The number of piperidine rings is 1. The average molecular weight is 402 g/mol. The molecule has 2 aromatic heterocycles. The third-order valence-electron chi connectivity index (χ3n) is 5.07. The molecule has 0 radical (unpaired) electrons. The van der Waals surface area contributed by atoms with E-state index in [-0.39, 0.29) is 18.1 Å². The number of aryl methyl sites for hydroxylation is 1. The predicted octanol–water partition coefficient (Wildman–Crippen LogP) is 3.63. The van der Waals surface area contributed by atoms with Gasteiger partial charge < -0.3 is 19.2 Å². The van der Waals surface area contributed by atoms with Gasteiger partial charge in [-0.1, -0.05) is 0 Å². The summed E-state index contributed by atoms with van der Waals surface area (Å²) in [5.74, 6) is 1.45. The van der Waals surface area contributed by atoms with E-state index in [0.29, 0.717) is 41.8 Å². The van der Waals surface area contributed by atoms with Crippen LogP contribution in [0, 0.1) is 6.92 Å². The van der Waals surface area contributed by atoms with Gasteiger partial charge in [0.25, 0.3) is 5.91 Å². The van der Waals surface area contributed by atoms with Crippen LogP contribution in [0.2, 0.25) is 0 Å². The summed E-state index contributed by atoms with van der Waals surface area (Å²) < 4.78 is 11.6. The number of hydrogen-bond donors (Lipinski definition) is 1. The summed E-state index contributed by atoms with van der Waals surface area (Å²) in [5.41, 5.74) is -0.0397. The van der Waals surface area contributed by atoms with Crippen LogP contribution in [0.3, 0.4) is 0 Å². The molecule has 158 valence electrons. The number of oxazole rings is 1. The highest BCUT2D eigenvalue weighted by molar-refractivity contribution is 5.96. The molecule has 1 aliphatic heterocycles. The molecule has 0 spiro atoms. The number of aliphatic hydroxyl groups is 1. The highest BCUT2D eigenvalue weighted by atomic mass is 16.5. The van der Waals surface area contributed by atoms with Gasteiger partial charge >= 0.3 is 0 Å². The number of likely N-dealkylation sites (tertiary alicyclic amines) is 1. The van der Waals surface area contributed by atoms with Gasteiger partial charge in [0.05, 0.1) is 6.10 Å². The molecule has 3 rings (SSSR count). The quantitative estimate of drug-likeness (QED) is 0.795. The molecule has 0 bridgehead atoms. The highest BCUT2D eigenvalue weighted by Gasteiger charge is 2.32. The Morgan fingerprint density at radius 1 is 1.41 bits per heavy atom. The van der Waals surface area contributed by atoms with Crippen LogP contribution in [0.15, 0.2) is 22.7 Å². The first-order chi connectivity index (χ1) is 13.7. The Labute approximate surface area is 172 Å². The minimum atomic E-state index is -1.06. The number of nitrogens with zero attached hydrogens (tertiary/aromatic N) is 3. The van der Waals surface area contributed by atoms with Crippen molar-refractivity contribution in [3.05, 3.63) is 41.2 Å². The second-order valence-corrected chi connectivity index (χ2v) is 8.45. The fourth-order valence-electron chi connectivity index (χ4n) is 3.81. The normalized spacial score (nSPS) is 17.6. The van der Waals surface area contributed by atoms with E-state index in [1.165, 1.54) is 0 Å². The van der Waals surface area contributed by atoms with E-state index in [4.69, 9.17) is 9.15 Å². The number of carbonyl (C=O) groups is 1. The van der Waals surface area contributed by atoms with Gasteiger partial charge in [0.1, 0.15) is 22.6 Å². The zero-order chi connectivity index (χ0) is 21.2. The van der Waals surface area contributed by atoms with E-state index in [9.17, 15) is 9.90 Å². The second kappa shape index (κ2) is 8.53. The van der Waals surface area contributed by atoms with Crippen LogP contribution < -0.4 is 4.74 Å². The lowest BCUT2D eigenvalue weighted by Gasteiger charge is -2.35. The Morgan fingerprint density at radius 3 is 2.83 bits per heavy atom. The van der Waals surface area contributed by atoms with Gasteiger partial charge in [-0.05, 0) is 66.0 Å². The number of pyridine rings is 1. The van der Waals surface area contributed by atoms with Crippen LogP contribution in [0.5, 0.6) is 5.88 Å². The Balaban J connectivity index is 1.83. The van der Waals surface area contributed by atoms with E-state index in [2.05, 4.69) is 9.97 Å². The maximum absolute atomic E-state index is 13.3. The lowest BCUT2D eigenvalue weighted by atomic mass is 9.98. The van der Waals surface area contributed by atoms with Crippen molar-refractivity contribution in [2.24, 2.45) is 0 Å². The molecule has 3 heterocycles. The van der Waals surface area contributed by atoms with Gasteiger partial charge in [0, 0.05) is 25.2 Å². The fraction of sp³-hybridized carbons (Fsp3) is 0.591. The zero-order valence-electron chi connectivity index (χ0n) is 17.9. The standard InChI is InChI=1S/C22H31N3O4/c1-14(2)28-20-17(10-8-11-23-20)21(26)25-12-7-6-9-16(25)13-18-24-19(15(3)29-18)22(4,5)27/h8,10-11,14,16,27H,6-7,9,12-13H2,1-5H3. The van der Waals surface area contributed by atoms with Gasteiger partial charge in [-0.2, -0.15) is 0 Å². The van der Waals surface area contributed by atoms with Gasteiger partial charge in [-0.15, -0.1) is 0 Å². The maximum atomic E-state index is 13.3. The van der Waals surface area contributed by atoms with Crippen LogP contribution in [-0.2, 0) is 12.0 Å². The summed E-state index contributed by atoms with van der Waals surface area (Å²) in [6.07, 6.45) is 4.98. The molecule has 7 heteroatoms. The molecule has 0 saturated carbocycles. The van der Waals surface area contributed by atoms with Crippen LogP contribution in [-0.4, -0.2) is 44.6 Å². The molecular formula is C22H31N3O4. The highest BCUT2D eigenvalue weighted by Crippen LogP contribution is 2.28. The van der Waals surface area contributed by atoms with Gasteiger partial charge in [0.15, 0.2) is 5.89 Å². The molecule has 1 fully saturated rings. The number of ether oxygens (including phenoxy) is 1. The smallest absolute Gasteiger partial charge is 0.259 e. The minimum absolute atomic E-state index is 0.0175. The van der Waals surface area contributed by atoms with Crippen molar-refractivity contribution < 1.29 is 19.1 Å². The molecule has 2 aromatic rings. The number of aromatic nitrogens is 2. The average Bonchev–Trinajstić information content (AvgIpc) is 3.02. The topological polar surface area (TPSA) is 88.7 Å². The molecule has 1 N–H and O–H groups in total. The Hall–Kier alpha value is -2.41. The SMILES string of the molecule is Cc1oc(CC2CCCCN2C(=O)c2cccnc2OC(C)C)nc1C(C)(C)O. The first-order valence-corrected chi connectivity index (χ1v) is 10.3. The fourth-order valence-corrected chi connectivity index (χ4v) is 3.81. The molecule has 0 aromatic carbocycles. The molecule has 0 aliphatic carbocycles. The number of hydrogen-bond acceptors (Lipinski definition) is 6. The molecule has 29 heavy (non-hydrogen) atoms. The lowest BCUT2D eigenvalue weighted by Crippen LogP contribution is -2.45. The Morgan fingerprint density at radius 2 is 2.17 bits per heavy atom. The van der Waals surface area contributed by atoms with Crippen molar-refractivity contribution >= 4 is 5.91 Å². The van der Waals surface area contributed by atoms with Gasteiger partial charge in [-0.3, -0.25) is 4.79 Å². The Kier molecular flexibility index (Phi) is 6.27. The maximum Gasteiger partial charge on any atom is 0.259 e. The van der Waals surface area contributed by atoms with Crippen LogP contribution >= 0.6 is 0 Å². The molecule has 1 saturated heterocycles. The summed E-state index contributed by atoms with van der Waals surface area (Å²) in [6.45, 7) is 9.69. The van der Waals surface area contributed by atoms with Crippen molar-refractivity contribution in [2.45, 2.75) is 78.0 Å². The molecule has 7 nitrogen and oxygen atoms in total. The van der Waals surface area contributed by atoms with Crippen LogP contribution in [0.1, 0.15) is 74.7 Å². The zero-order valence-corrected chi connectivity index (χ0v) is 17.9.